The molecule has 0 fully saturated rings. The number of hydrogen-bond acceptors (Lipinski definition) is 3. The Balaban J connectivity index is 2.78. The lowest BCUT2D eigenvalue weighted by Crippen LogP contribution is -2.37. The van der Waals surface area contributed by atoms with Crippen molar-refractivity contribution < 1.29 is 9.90 Å². The van der Waals surface area contributed by atoms with Crippen molar-refractivity contribution in [2.45, 2.75) is 0 Å². The van der Waals surface area contributed by atoms with Crippen molar-refractivity contribution in [2.75, 3.05) is 25.0 Å². The van der Waals surface area contributed by atoms with Crippen molar-refractivity contribution >= 4 is 23.3 Å². The molecular formula is C13H14ClN3O2. The van der Waals surface area contributed by atoms with Gasteiger partial charge in [-0.3, -0.25) is 0 Å². The van der Waals surface area contributed by atoms with Gasteiger partial charge in [-0.25, -0.2) is 4.79 Å². The number of carbonyl (C=O) groups is 1. The normalized spacial score (nSPS) is 9.53. The third-order valence-corrected chi connectivity index (χ3v) is 2.66. The zero-order chi connectivity index (χ0) is 14.3. The second kappa shape index (κ2) is 7.41. The molecule has 0 saturated carbocycles. The number of hydrogen-bond donors (Lipinski definition) is 2. The summed E-state index contributed by atoms with van der Waals surface area (Å²) in [7, 11) is 0. The number of urea groups is 1. The Labute approximate surface area is 116 Å². The number of nitriles is 1. The van der Waals surface area contributed by atoms with Gasteiger partial charge in [0.2, 0.25) is 0 Å². The Bertz CT molecular complexity index is 511. The summed E-state index contributed by atoms with van der Waals surface area (Å²) < 4.78 is 0. The molecule has 0 atom stereocenters. The molecule has 1 aromatic carbocycles. The molecule has 0 aliphatic heterocycles. The molecule has 2 amide bonds. The van der Waals surface area contributed by atoms with Crippen LogP contribution in [0.1, 0.15) is 5.56 Å². The van der Waals surface area contributed by atoms with Crippen LogP contribution in [-0.4, -0.2) is 35.7 Å². The van der Waals surface area contributed by atoms with Crippen LogP contribution in [0.5, 0.6) is 0 Å². The van der Waals surface area contributed by atoms with Crippen LogP contribution in [0.4, 0.5) is 10.5 Å². The molecule has 2 N–H and O–H groups in total. The Hall–Kier alpha value is -2.03. The van der Waals surface area contributed by atoms with E-state index in [0.717, 1.165) is 0 Å². The van der Waals surface area contributed by atoms with Gasteiger partial charge in [0.25, 0.3) is 0 Å². The zero-order valence-corrected chi connectivity index (χ0v) is 11.0. The summed E-state index contributed by atoms with van der Waals surface area (Å²) >= 11 is 5.87. The van der Waals surface area contributed by atoms with E-state index in [-0.39, 0.29) is 24.2 Å². The van der Waals surface area contributed by atoms with E-state index < -0.39 is 0 Å². The van der Waals surface area contributed by atoms with Crippen LogP contribution in [0, 0.1) is 11.3 Å². The van der Waals surface area contributed by atoms with Gasteiger partial charge in [-0.2, -0.15) is 5.26 Å². The minimum Gasteiger partial charge on any atom is -0.395 e. The van der Waals surface area contributed by atoms with Gasteiger partial charge in [0.05, 0.1) is 17.2 Å². The Morgan fingerprint density at radius 1 is 1.63 bits per heavy atom. The molecule has 0 radical (unpaired) electrons. The minimum atomic E-state index is -0.366. The molecule has 19 heavy (non-hydrogen) atoms. The highest BCUT2D eigenvalue weighted by atomic mass is 35.5. The highest BCUT2D eigenvalue weighted by Gasteiger charge is 2.12. The average Bonchev–Trinajstić information content (AvgIpc) is 2.38. The van der Waals surface area contributed by atoms with E-state index in [1.807, 2.05) is 6.07 Å². The number of amides is 2. The maximum atomic E-state index is 11.9. The van der Waals surface area contributed by atoms with Crippen molar-refractivity contribution in [1.29, 1.82) is 5.26 Å². The first-order valence-corrected chi connectivity index (χ1v) is 5.97. The third kappa shape index (κ3) is 4.28. The van der Waals surface area contributed by atoms with Crippen molar-refractivity contribution in [3.63, 3.8) is 0 Å². The number of halogens is 1. The first-order chi connectivity index (χ1) is 9.12. The monoisotopic (exact) mass is 279 g/mol. The van der Waals surface area contributed by atoms with Crippen molar-refractivity contribution in [3.8, 4) is 6.07 Å². The molecule has 5 nitrogen and oxygen atoms in total. The lowest BCUT2D eigenvalue weighted by Gasteiger charge is -2.20. The zero-order valence-electron chi connectivity index (χ0n) is 10.3. The summed E-state index contributed by atoms with van der Waals surface area (Å²) in [6.07, 6.45) is 1.57. The standard InChI is InChI=1S/C13H14ClN3O2/c1-2-5-17(6-7-18)13(19)16-11-4-3-10(9-15)12(14)8-11/h2-4,8,18H,1,5-7H2,(H,16,19). The van der Waals surface area contributed by atoms with Crippen LogP contribution in [0.3, 0.4) is 0 Å². The molecule has 1 rings (SSSR count). The van der Waals surface area contributed by atoms with Gasteiger partial charge in [-0.05, 0) is 18.2 Å². The van der Waals surface area contributed by atoms with Crippen LogP contribution in [0.15, 0.2) is 30.9 Å². The summed E-state index contributed by atoms with van der Waals surface area (Å²) in [5.41, 5.74) is 0.832. The number of aliphatic hydroxyl groups is 1. The van der Waals surface area contributed by atoms with Gasteiger partial charge >= 0.3 is 6.03 Å². The first kappa shape index (κ1) is 15.0. The van der Waals surface area contributed by atoms with E-state index in [2.05, 4.69) is 11.9 Å². The maximum Gasteiger partial charge on any atom is 0.322 e. The minimum absolute atomic E-state index is 0.130. The SMILES string of the molecule is C=CCN(CCO)C(=O)Nc1ccc(C#N)c(Cl)c1. The van der Waals surface area contributed by atoms with E-state index in [9.17, 15) is 4.79 Å². The number of aliphatic hydroxyl groups excluding tert-OH is 1. The fourth-order valence-electron chi connectivity index (χ4n) is 1.44. The second-order valence-corrected chi connectivity index (χ2v) is 4.10. The van der Waals surface area contributed by atoms with E-state index in [4.69, 9.17) is 22.0 Å². The molecule has 0 aliphatic carbocycles. The quantitative estimate of drug-likeness (QED) is 0.812. The maximum absolute atomic E-state index is 11.9. The Kier molecular flexibility index (Phi) is 5.86. The number of carbonyl (C=O) groups excluding carboxylic acids is 1. The number of nitrogens with zero attached hydrogens (tertiary/aromatic N) is 2. The highest BCUT2D eigenvalue weighted by Crippen LogP contribution is 2.20. The average molecular weight is 280 g/mol. The van der Waals surface area contributed by atoms with Gasteiger partial charge in [0, 0.05) is 18.8 Å². The second-order valence-electron chi connectivity index (χ2n) is 3.69. The lowest BCUT2D eigenvalue weighted by molar-refractivity contribution is 0.195. The number of anilines is 1. The topological polar surface area (TPSA) is 76.4 Å². The molecule has 0 saturated heterocycles. The van der Waals surface area contributed by atoms with Crippen molar-refractivity contribution in [2.24, 2.45) is 0 Å². The largest absolute Gasteiger partial charge is 0.395 e. The highest BCUT2D eigenvalue weighted by molar-refractivity contribution is 6.32. The fourth-order valence-corrected chi connectivity index (χ4v) is 1.66. The molecular weight excluding hydrogens is 266 g/mol. The predicted octanol–water partition coefficient (Wildman–Crippen LogP) is 2.22. The lowest BCUT2D eigenvalue weighted by atomic mass is 10.2. The fraction of sp³-hybridized carbons (Fsp3) is 0.231. The van der Waals surface area contributed by atoms with E-state index >= 15 is 0 Å². The smallest absolute Gasteiger partial charge is 0.322 e. The summed E-state index contributed by atoms with van der Waals surface area (Å²) in [5, 5.41) is 20.5. The Morgan fingerprint density at radius 3 is 2.89 bits per heavy atom. The summed E-state index contributed by atoms with van der Waals surface area (Å²) in [6, 6.07) is 6.20. The summed E-state index contributed by atoms with van der Waals surface area (Å²) in [6.45, 7) is 3.96. The Morgan fingerprint density at radius 2 is 2.37 bits per heavy atom. The summed E-state index contributed by atoms with van der Waals surface area (Å²) in [5.74, 6) is 0. The van der Waals surface area contributed by atoms with E-state index in [0.29, 0.717) is 17.8 Å². The summed E-state index contributed by atoms with van der Waals surface area (Å²) in [4.78, 5) is 13.3. The number of rotatable bonds is 5. The van der Waals surface area contributed by atoms with Crippen molar-refractivity contribution in [3.05, 3.63) is 41.4 Å². The predicted molar refractivity (Wildman–Crippen MR) is 74.0 cm³/mol. The van der Waals surface area contributed by atoms with Crippen LogP contribution in [0.2, 0.25) is 5.02 Å². The molecule has 0 aliphatic rings. The van der Waals surface area contributed by atoms with Gasteiger partial charge in [0.15, 0.2) is 0 Å². The molecule has 6 heteroatoms. The number of nitrogens with one attached hydrogen (secondary N) is 1. The van der Waals surface area contributed by atoms with Crippen LogP contribution in [-0.2, 0) is 0 Å². The molecule has 0 unspecified atom stereocenters. The van der Waals surface area contributed by atoms with E-state index in [1.165, 1.54) is 17.0 Å². The van der Waals surface area contributed by atoms with Gasteiger partial charge < -0.3 is 15.3 Å². The van der Waals surface area contributed by atoms with Crippen LogP contribution >= 0.6 is 11.6 Å². The van der Waals surface area contributed by atoms with Crippen LogP contribution < -0.4 is 5.32 Å². The molecule has 0 heterocycles. The van der Waals surface area contributed by atoms with Crippen LogP contribution in [0.25, 0.3) is 0 Å². The molecule has 0 aromatic heterocycles. The van der Waals surface area contributed by atoms with Gasteiger partial charge in [0.1, 0.15) is 6.07 Å². The molecule has 0 bridgehead atoms. The van der Waals surface area contributed by atoms with Crippen molar-refractivity contribution in [1.82, 2.24) is 4.90 Å². The molecule has 100 valence electrons. The number of benzene rings is 1. The van der Waals surface area contributed by atoms with Gasteiger partial charge in [-0.1, -0.05) is 17.7 Å². The molecule has 1 aromatic rings. The third-order valence-electron chi connectivity index (χ3n) is 2.35. The first-order valence-electron chi connectivity index (χ1n) is 5.59. The van der Waals surface area contributed by atoms with Gasteiger partial charge in [-0.15, -0.1) is 6.58 Å². The molecule has 0 spiro atoms. The van der Waals surface area contributed by atoms with E-state index in [1.54, 1.807) is 12.1 Å².